The number of carboxylic acids is 1. The Morgan fingerprint density at radius 3 is 2.47 bits per heavy atom. The van der Waals surface area contributed by atoms with Crippen molar-refractivity contribution in [3.63, 3.8) is 0 Å². The predicted molar refractivity (Wildman–Crippen MR) is 72.8 cm³/mol. The third kappa shape index (κ3) is 1.87. The molecule has 0 amide bonds. The molecule has 2 aromatic carbocycles. The largest absolute Gasteiger partial charge is 0.478 e. The molecule has 0 atom stereocenters. The molecular formula is C15H12N2O2. The van der Waals surface area contributed by atoms with Crippen LogP contribution in [-0.2, 0) is 0 Å². The Balaban J connectivity index is 2.16. The summed E-state index contributed by atoms with van der Waals surface area (Å²) in [6.07, 6.45) is 0. The molecule has 0 aliphatic rings. The molecule has 1 aromatic heterocycles. The summed E-state index contributed by atoms with van der Waals surface area (Å²) in [5.41, 5.74) is 3.10. The van der Waals surface area contributed by atoms with E-state index in [1.165, 1.54) is 0 Å². The molecule has 0 unspecified atom stereocenters. The number of rotatable bonds is 2. The summed E-state index contributed by atoms with van der Waals surface area (Å²) >= 11 is 0. The lowest BCUT2D eigenvalue weighted by molar-refractivity contribution is 0.0697. The van der Waals surface area contributed by atoms with Crippen molar-refractivity contribution < 1.29 is 9.90 Å². The Kier molecular flexibility index (Phi) is 2.56. The Bertz CT molecular complexity index is 757. The van der Waals surface area contributed by atoms with Crippen molar-refractivity contribution >= 4 is 16.9 Å². The van der Waals surface area contributed by atoms with Gasteiger partial charge in [0.1, 0.15) is 0 Å². The highest BCUT2D eigenvalue weighted by Crippen LogP contribution is 2.21. The van der Waals surface area contributed by atoms with Gasteiger partial charge in [-0.05, 0) is 37.3 Å². The zero-order chi connectivity index (χ0) is 13.4. The number of carbonyl (C=O) groups is 1. The number of fused-ring (bicyclic) bond motifs is 1. The van der Waals surface area contributed by atoms with E-state index in [0.717, 1.165) is 22.3 Å². The third-order valence-corrected chi connectivity index (χ3v) is 3.13. The van der Waals surface area contributed by atoms with Gasteiger partial charge in [-0.2, -0.15) is 5.10 Å². The first-order valence-electron chi connectivity index (χ1n) is 5.95. The van der Waals surface area contributed by atoms with E-state index < -0.39 is 5.97 Å². The van der Waals surface area contributed by atoms with Crippen LogP contribution in [0.1, 0.15) is 16.1 Å². The van der Waals surface area contributed by atoms with Crippen LogP contribution in [0.2, 0.25) is 0 Å². The van der Waals surface area contributed by atoms with Crippen LogP contribution in [0.4, 0.5) is 0 Å². The number of carboxylic acid groups (broad SMARTS) is 1. The molecule has 0 aliphatic heterocycles. The highest BCUT2D eigenvalue weighted by molar-refractivity contribution is 5.88. The molecule has 0 bridgehead atoms. The Morgan fingerprint density at radius 1 is 1.11 bits per heavy atom. The van der Waals surface area contributed by atoms with Crippen molar-refractivity contribution in [2.75, 3.05) is 0 Å². The van der Waals surface area contributed by atoms with Gasteiger partial charge in [-0.25, -0.2) is 9.48 Å². The Labute approximate surface area is 109 Å². The second kappa shape index (κ2) is 4.24. The molecule has 0 saturated carbocycles. The van der Waals surface area contributed by atoms with E-state index in [0.29, 0.717) is 0 Å². The molecule has 0 saturated heterocycles. The molecule has 0 aliphatic carbocycles. The topological polar surface area (TPSA) is 55.1 Å². The minimum absolute atomic E-state index is 0.275. The first-order chi connectivity index (χ1) is 9.16. The van der Waals surface area contributed by atoms with E-state index in [9.17, 15) is 4.79 Å². The molecule has 4 nitrogen and oxygen atoms in total. The Hall–Kier alpha value is -2.62. The molecule has 94 valence electrons. The summed E-state index contributed by atoms with van der Waals surface area (Å²) in [4.78, 5) is 10.8. The van der Waals surface area contributed by atoms with Gasteiger partial charge in [0.2, 0.25) is 0 Å². The lowest BCUT2D eigenvalue weighted by Crippen LogP contribution is -1.99. The fourth-order valence-corrected chi connectivity index (χ4v) is 2.16. The SMILES string of the molecule is Cc1nn(-c2ccc(C(=O)O)cc2)c2ccccc12. The van der Waals surface area contributed by atoms with E-state index in [1.807, 2.05) is 35.9 Å². The lowest BCUT2D eigenvalue weighted by Gasteiger charge is -2.03. The molecule has 1 heterocycles. The number of benzene rings is 2. The maximum Gasteiger partial charge on any atom is 0.335 e. The van der Waals surface area contributed by atoms with Crippen molar-refractivity contribution in [2.24, 2.45) is 0 Å². The second-order valence-electron chi connectivity index (χ2n) is 4.37. The van der Waals surface area contributed by atoms with Crippen molar-refractivity contribution in [1.29, 1.82) is 0 Å². The maximum atomic E-state index is 10.8. The summed E-state index contributed by atoms with van der Waals surface area (Å²) < 4.78 is 1.83. The van der Waals surface area contributed by atoms with E-state index in [2.05, 4.69) is 5.10 Å². The van der Waals surface area contributed by atoms with Gasteiger partial charge in [-0.3, -0.25) is 0 Å². The summed E-state index contributed by atoms with van der Waals surface area (Å²) in [5.74, 6) is -0.923. The minimum atomic E-state index is -0.923. The van der Waals surface area contributed by atoms with Gasteiger partial charge in [-0.1, -0.05) is 18.2 Å². The molecule has 0 fully saturated rings. The zero-order valence-electron chi connectivity index (χ0n) is 10.4. The standard InChI is InChI=1S/C15H12N2O2/c1-10-13-4-2-3-5-14(13)17(16-10)12-8-6-11(7-9-12)15(18)19/h2-9H,1H3,(H,18,19). The molecule has 3 aromatic rings. The van der Waals surface area contributed by atoms with Gasteiger partial charge < -0.3 is 5.11 Å². The number of hydrogen-bond donors (Lipinski definition) is 1. The van der Waals surface area contributed by atoms with Crippen LogP contribution in [0.15, 0.2) is 48.5 Å². The number of aromatic carboxylic acids is 1. The van der Waals surface area contributed by atoms with Crippen LogP contribution in [0.3, 0.4) is 0 Å². The van der Waals surface area contributed by atoms with Crippen LogP contribution in [0.5, 0.6) is 0 Å². The summed E-state index contributed by atoms with van der Waals surface area (Å²) in [5, 5.41) is 14.5. The van der Waals surface area contributed by atoms with Gasteiger partial charge in [0, 0.05) is 5.39 Å². The molecule has 19 heavy (non-hydrogen) atoms. The monoisotopic (exact) mass is 252 g/mol. The molecule has 0 radical (unpaired) electrons. The van der Waals surface area contributed by atoms with E-state index in [-0.39, 0.29) is 5.56 Å². The fraction of sp³-hybridized carbons (Fsp3) is 0.0667. The van der Waals surface area contributed by atoms with Gasteiger partial charge in [0.25, 0.3) is 0 Å². The fourth-order valence-electron chi connectivity index (χ4n) is 2.16. The van der Waals surface area contributed by atoms with Crippen molar-refractivity contribution in [3.8, 4) is 5.69 Å². The average molecular weight is 252 g/mol. The number of aryl methyl sites for hydroxylation is 1. The molecular weight excluding hydrogens is 240 g/mol. The zero-order valence-corrected chi connectivity index (χ0v) is 10.4. The number of nitrogens with zero attached hydrogens (tertiary/aromatic N) is 2. The molecule has 0 spiro atoms. The van der Waals surface area contributed by atoms with Crippen molar-refractivity contribution in [1.82, 2.24) is 9.78 Å². The Morgan fingerprint density at radius 2 is 1.79 bits per heavy atom. The molecule has 4 heteroatoms. The van der Waals surface area contributed by atoms with E-state index in [1.54, 1.807) is 24.3 Å². The highest BCUT2D eigenvalue weighted by Gasteiger charge is 2.09. The highest BCUT2D eigenvalue weighted by atomic mass is 16.4. The van der Waals surface area contributed by atoms with Crippen molar-refractivity contribution in [2.45, 2.75) is 6.92 Å². The van der Waals surface area contributed by atoms with Crippen LogP contribution >= 0.6 is 0 Å². The van der Waals surface area contributed by atoms with Gasteiger partial charge in [-0.15, -0.1) is 0 Å². The minimum Gasteiger partial charge on any atom is -0.478 e. The first kappa shape index (κ1) is 11.5. The lowest BCUT2D eigenvalue weighted by atomic mass is 10.2. The van der Waals surface area contributed by atoms with Gasteiger partial charge in [0.05, 0.1) is 22.5 Å². The van der Waals surface area contributed by atoms with Gasteiger partial charge >= 0.3 is 5.97 Å². The molecule has 3 rings (SSSR count). The van der Waals surface area contributed by atoms with Crippen LogP contribution in [0.25, 0.3) is 16.6 Å². The number of hydrogen-bond acceptors (Lipinski definition) is 2. The predicted octanol–water partition coefficient (Wildman–Crippen LogP) is 3.03. The normalized spacial score (nSPS) is 10.8. The summed E-state index contributed by atoms with van der Waals surface area (Å²) in [7, 11) is 0. The average Bonchev–Trinajstić information content (AvgIpc) is 2.77. The first-order valence-corrected chi connectivity index (χ1v) is 5.95. The quantitative estimate of drug-likeness (QED) is 0.762. The number of para-hydroxylation sites is 1. The van der Waals surface area contributed by atoms with Gasteiger partial charge in [0.15, 0.2) is 0 Å². The maximum absolute atomic E-state index is 10.8. The molecule has 1 N–H and O–H groups in total. The summed E-state index contributed by atoms with van der Waals surface area (Å²) in [6.45, 7) is 1.96. The summed E-state index contributed by atoms with van der Waals surface area (Å²) in [6, 6.07) is 14.7. The number of aromatic nitrogens is 2. The van der Waals surface area contributed by atoms with E-state index >= 15 is 0 Å². The van der Waals surface area contributed by atoms with E-state index in [4.69, 9.17) is 5.11 Å². The van der Waals surface area contributed by atoms with Crippen LogP contribution in [0, 0.1) is 6.92 Å². The van der Waals surface area contributed by atoms with Crippen LogP contribution in [-0.4, -0.2) is 20.9 Å². The van der Waals surface area contributed by atoms with Crippen LogP contribution < -0.4 is 0 Å². The van der Waals surface area contributed by atoms with Crippen molar-refractivity contribution in [3.05, 3.63) is 59.8 Å². The smallest absolute Gasteiger partial charge is 0.335 e. The third-order valence-electron chi connectivity index (χ3n) is 3.13. The second-order valence-corrected chi connectivity index (χ2v) is 4.37.